The Bertz CT molecular complexity index is 523. The maximum Gasteiger partial charge on any atom is 0.119 e. The Hall–Kier alpha value is -1.81. The minimum Gasteiger partial charge on any atom is -0.492 e. The predicted molar refractivity (Wildman–Crippen MR) is 67.4 cm³/mol. The Labute approximate surface area is 106 Å². The van der Waals surface area contributed by atoms with E-state index < -0.39 is 0 Å². The third kappa shape index (κ3) is 2.24. The molecular weight excluding hydrogens is 228 g/mol. The highest BCUT2D eigenvalue weighted by atomic mass is 16.5. The molecule has 1 aromatic heterocycles. The number of benzene rings is 1. The van der Waals surface area contributed by atoms with E-state index in [1.807, 2.05) is 29.0 Å². The van der Waals surface area contributed by atoms with E-state index in [0.717, 1.165) is 30.7 Å². The van der Waals surface area contributed by atoms with Gasteiger partial charge >= 0.3 is 0 Å². The molecular formula is C14H16N2O2. The molecule has 0 fully saturated rings. The maximum atomic E-state index is 9.72. The van der Waals surface area contributed by atoms with E-state index in [1.165, 1.54) is 5.56 Å². The van der Waals surface area contributed by atoms with Crippen LogP contribution in [-0.2, 0) is 13.0 Å². The summed E-state index contributed by atoms with van der Waals surface area (Å²) in [5.41, 5.74) is 2.26. The standard InChI is InChI=1S/C14H16N2O2/c17-14-4-1-11-9-12(2-3-13(11)14)18-8-7-16-6-5-15-10-16/h2-3,5-6,9-10,14,17H,1,4,7-8H2/t14-/m1/s1. The molecule has 1 aliphatic rings. The lowest BCUT2D eigenvalue weighted by Gasteiger charge is -2.09. The van der Waals surface area contributed by atoms with Gasteiger partial charge in [0, 0.05) is 12.4 Å². The van der Waals surface area contributed by atoms with E-state index in [-0.39, 0.29) is 6.10 Å². The van der Waals surface area contributed by atoms with Crippen LogP contribution in [0.2, 0.25) is 0 Å². The molecule has 4 heteroatoms. The summed E-state index contributed by atoms with van der Waals surface area (Å²) in [5.74, 6) is 0.878. The van der Waals surface area contributed by atoms with Crippen molar-refractivity contribution in [2.75, 3.05) is 6.61 Å². The van der Waals surface area contributed by atoms with E-state index in [4.69, 9.17) is 4.74 Å². The molecule has 94 valence electrons. The Morgan fingerprint density at radius 1 is 1.44 bits per heavy atom. The van der Waals surface area contributed by atoms with Gasteiger partial charge in [0.15, 0.2) is 0 Å². The Morgan fingerprint density at radius 3 is 3.22 bits per heavy atom. The lowest BCUT2D eigenvalue weighted by molar-refractivity contribution is 0.180. The molecule has 1 N–H and O–H groups in total. The number of nitrogens with zero attached hydrogens (tertiary/aromatic N) is 2. The van der Waals surface area contributed by atoms with Crippen LogP contribution in [0.5, 0.6) is 5.75 Å². The first-order valence-electron chi connectivity index (χ1n) is 6.22. The van der Waals surface area contributed by atoms with Gasteiger partial charge in [0.25, 0.3) is 0 Å². The summed E-state index contributed by atoms with van der Waals surface area (Å²) in [5, 5.41) is 9.72. The molecule has 0 unspecified atom stereocenters. The van der Waals surface area contributed by atoms with E-state index in [0.29, 0.717) is 6.61 Å². The highest BCUT2D eigenvalue weighted by Crippen LogP contribution is 2.33. The molecule has 1 atom stereocenters. The zero-order valence-corrected chi connectivity index (χ0v) is 10.1. The molecule has 1 aliphatic carbocycles. The summed E-state index contributed by atoms with van der Waals surface area (Å²) >= 11 is 0. The number of hydrogen-bond acceptors (Lipinski definition) is 3. The fourth-order valence-electron chi connectivity index (χ4n) is 2.35. The first kappa shape index (κ1) is 11.3. The molecule has 0 spiro atoms. The SMILES string of the molecule is O[C@@H]1CCc2cc(OCCn3ccnc3)ccc21. The Morgan fingerprint density at radius 2 is 2.39 bits per heavy atom. The van der Waals surface area contributed by atoms with Crippen molar-refractivity contribution in [2.24, 2.45) is 0 Å². The van der Waals surface area contributed by atoms with Crippen LogP contribution in [0.25, 0.3) is 0 Å². The van der Waals surface area contributed by atoms with Gasteiger partial charge in [-0.1, -0.05) is 6.07 Å². The molecule has 1 heterocycles. The molecule has 2 aromatic rings. The number of ether oxygens (including phenoxy) is 1. The second kappa shape index (κ2) is 4.82. The second-order valence-electron chi connectivity index (χ2n) is 4.56. The molecule has 3 rings (SSSR count). The van der Waals surface area contributed by atoms with Crippen molar-refractivity contribution in [3.05, 3.63) is 48.0 Å². The summed E-state index contributed by atoms with van der Waals surface area (Å²) in [7, 11) is 0. The lowest BCUT2D eigenvalue weighted by Crippen LogP contribution is -2.06. The minimum atomic E-state index is -0.292. The monoisotopic (exact) mass is 244 g/mol. The third-order valence-corrected chi connectivity index (χ3v) is 3.34. The van der Waals surface area contributed by atoms with Gasteiger partial charge in [-0.2, -0.15) is 0 Å². The van der Waals surface area contributed by atoms with Crippen molar-refractivity contribution in [3.8, 4) is 5.75 Å². The molecule has 18 heavy (non-hydrogen) atoms. The van der Waals surface area contributed by atoms with Gasteiger partial charge in [0.05, 0.1) is 19.0 Å². The zero-order valence-electron chi connectivity index (χ0n) is 10.1. The predicted octanol–water partition coefficient (Wildman–Crippen LogP) is 1.94. The largest absolute Gasteiger partial charge is 0.492 e. The summed E-state index contributed by atoms with van der Waals surface area (Å²) in [6, 6.07) is 5.94. The fraction of sp³-hybridized carbons (Fsp3) is 0.357. The van der Waals surface area contributed by atoms with Gasteiger partial charge in [0.2, 0.25) is 0 Å². The summed E-state index contributed by atoms with van der Waals surface area (Å²) in [6.07, 6.45) is 6.94. The average Bonchev–Trinajstić information content (AvgIpc) is 3.00. The molecule has 0 aliphatic heterocycles. The summed E-state index contributed by atoms with van der Waals surface area (Å²) in [4.78, 5) is 3.98. The van der Waals surface area contributed by atoms with Crippen LogP contribution in [0.3, 0.4) is 0 Å². The van der Waals surface area contributed by atoms with Crippen molar-refractivity contribution in [3.63, 3.8) is 0 Å². The molecule has 0 bridgehead atoms. The third-order valence-electron chi connectivity index (χ3n) is 3.34. The minimum absolute atomic E-state index is 0.292. The first-order chi connectivity index (χ1) is 8.83. The topological polar surface area (TPSA) is 47.3 Å². The van der Waals surface area contributed by atoms with Crippen LogP contribution in [0.15, 0.2) is 36.9 Å². The number of aliphatic hydroxyl groups is 1. The maximum absolute atomic E-state index is 9.72. The zero-order chi connectivity index (χ0) is 12.4. The number of rotatable bonds is 4. The van der Waals surface area contributed by atoms with Gasteiger partial charge in [0.1, 0.15) is 12.4 Å². The van der Waals surface area contributed by atoms with Crippen molar-refractivity contribution >= 4 is 0 Å². The van der Waals surface area contributed by atoms with E-state index >= 15 is 0 Å². The quantitative estimate of drug-likeness (QED) is 0.894. The summed E-state index contributed by atoms with van der Waals surface area (Å²) in [6.45, 7) is 1.41. The van der Waals surface area contributed by atoms with Crippen LogP contribution in [-0.4, -0.2) is 21.3 Å². The number of fused-ring (bicyclic) bond motifs is 1. The van der Waals surface area contributed by atoms with Crippen molar-refractivity contribution in [1.82, 2.24) is 9.55 Å². The highest BCUT2D eigenvalue weighted by molar-refractivity contribution is 5.39. The molecule has 0 radical (unpaired) electrons. The van der Waals surface area contributed by atoms with Gasteiger partial charge in [-0.15, -0.1) is 0 Å². The number of aryl methyl sites for hydroxylation is 1. The van der Waals surface area contributed by atoms with Gasteiger partial charge in [-0.05, 0) is 36.1 Å². The van der Waals surface area contributed by atoms with Gasteiger partial charge in [-0.3, -0.25) is 0 Å². The fourth-order valence-corrected chi connectivity index (χ4v) is 2.35. The number of aromatic nitrogens is 2. The lowest BCUT2D eigenvalue weighted by atomic mass is 10.1. The van der Waals surface area contributed by atoms with Crippen LogP contribution in [0, 0.1) is 0 Å². The normalized spacial score (nSPS) is 17.7. The van der Waals surface area contributed by atoms with Crippen molar-refractivity contribution in [2.45, 2.75) is 25.5 Å². The van der Waals surface area contributed by atoms with Crippen molar-refractivity contribution < 1.29 is 9.84 Å². The Balaban J connectivity index is 1.60. The van der Waals surface area contributed by atoms with E-state index in [1.54, 1.807) is 12.5 Å². The average molecular weight is 244 g/mol. The van der Waals surface area contributed by atoms with Crippen LogP contribution in [0.4, 0.5) is 0 Å². The smallest absolute Gasteiger partial charge is 0.119 e. The second-order valence-corrected chi connectivity index (χ2v) is 4.56. The van der Waals surface area contributed by atoms with Crippen LogP contribution >= 0.6 is 0 Å². The molecule has 1 aromatic carbocycles. The van der Waals surface area contributed by atoms with Gasteiger partial charge < -0.3 is 14.4 Å². The van der Waals surface area contributed by atoms with E-state index in [9.17, 15) is 5.11 Å². The van der Waals surface area contributed by atoms with E-state index in [2.05, 4.69) is 4.98 Å². The number of imidazole rings is 1. The first-order valence-corrected chi connectivity index (χ1v) is 6.22. The summed E-state index contributed by atoms with van der Waals surface area (Å²) < 4.78 is 7.69. The highest BCUT2D eigenvalue weighted by Gasteiger charge is 2.20. The molecule has 4 nitrogen and oxygen atoms in total. The molecule has 0 saturated carbocycles. The van der Waals surface area contributed by atoms with Crippen LogP contribution < -0.4 is 4.74 Å². The number of hydrogen-bond donors (Lipinski definition) is 1. The van der Waals surface area contributed by atoms with Crippen molar-refractivity contribution in [1.29, 1.82) is 0 Å². The van der Waals surface area contributed by atoms with Crippen LogP contribution in [0.1, 0.15) is 23.7 Å². The Kier molecular flexibility index (Phi) is 3.02. The van der Waals surface area contributed by atoms with Gasteiger partial charge in [-0.25, -0.2) is 4.98 Å². The molecule has 0 saturated heterocycles. The molecule has 0 amide bonds. The number of aliphatic hydroxyl groups excluding tert-OH is 1.